The topological polar surface area (TPSA) is 121 Å². The monoisotopic (exact) mass is 520 g/mol. The molecule has 1 aromatic heterocycles. The van der Waals surface area contributed by atoms with Crippen molar-refractivity contribution in [1.29, 1.82) is 0 Å². The zero-order chi connectivity index (χ0) is 27.0. The molecule has 2 aromatic carbocycles. The number of hydrogen-bond acceptors (Lipinski definition) is 7. The lowest BCUT2D eigenvalue weighted by Crippen LogP contribution is -2.51. The van der Waals surface area contributed by atoms with Crippen LogP contribution in [0.15, 0.2) is 41.0 Å². The van der Waals surface area contributed by atoms with Gasteiger partial charge in [-0.15, -0.1) is 0 Å². The highest BCUT2D eigenvalue weighted by atomic mass is 16.6. The van der Waals surface area contributed by atoms with Crippen molar-refractivity contribution in [2.24, 2.45) is 0 Å². The molecule has 2 fully saturated rings. The molecule has 2 aliphatic heterocycles. The summed E-state index contributed by atoms with van der Waals surface area (Å²) in [7, 11) is 0. The van der Waals surface area contributed by atoms with Gasteiger partial charge in [0.05, 0.1) is 18.7 Å². The standard InChI is InChI=1S/C28H32N4O6/c1-28(2,3)38-27(36)32-12-10-31(11-13-32)15-24(34)29-18-5-6-19-17(14-18)4-8-22-25(19)21(16-37-22)20-7-9-23(33)30-26(20)35/h4-6,8,14,16,20H,7,9-13,15H2,1-3H3,(H,29,34)(H,30,33,35). The number of nitrogens with one attached hydrogen (secondary N) is 2. The van der Waals surface area contributed by atoms with Gasteiger partial charge in [-0.3, -0.25) is 24.6 Å². The third kappa shape index (κ3) is 5.50. The largest absolute Gasteiger partial charge is 0.464 e. The molecule has 2 aliphatic rings. The first-order chi connectivity index (χ1) is 18.1. The van der Waals surface area contributed by atoms with E-state index in [0.29, 0.717) is 50.3 Å². The highest BCUT2D eigenvalue weighted by Crippen LogP contribution is 2.37. The van der Waals surface area contributed by atoms with Gasteiger partial charge in [0.15, 0.2) is 0 Å². The van der Waals surface area contributed by atoms with Crippen LogP contribution in [-0.4, -0.2) is 71.9 Å². The molecule has 0 saturated carbocycles. The minimum absolute atomic E-state index is 0.135. The molecule has 3 heterocycles. The molecule has 1 unspecified atom stereocenters. The molecule has 4 amide bonds. The van der Waals surface area contributed by atoms with Crippen molar-refractivity contribution in [2.75, 3.05) is 38.0 Å². The van der Waals surface area contributed by atoms with Gasteiger partial charge in [-0.1, -0.05) is 12.1 Å². The Labute approximate surface area is 220 Å². The fourth-order valence-corrected chi connectivity index (χ4v) is 5.03. The maximum absolute atomic E-state index is 12.8. The summed E-state index contributed by atoms with van der Waals surface area (Å²) in [5.41, 5.74) is 1.56. The minimum atomic E-state index is -0.538. The third-order valence-electron chi connectivity index (χ3n) is 6.87. The average Bonchev–Trinajstić information content (AvgIpc) is 3.27. The number of nitrogens with zero attached hydrogens (tertiary/aromatic N) is 2. The molecule has 0 spiro atoms. The van der Waals surface area contributed by atoms with Crippen LogP contribution in [0.1, 0.15) is 45.1 Å². The summed E-state index contributed by atoms with van der Waals surface area (Å²) < 4.78 is 11.2. The Morgan fingerprint density at radius 2 is 1.87 bits per heavy atom. The minimum Gasteiger partial charge on any atom is -0.464 e. The summed E-state index contributed by atoms with van der Waals surface area (Å²) in [6, 6.07) is 9.41. The Balaban J connectivity index is 1.24. The second kappa shape index (κ2) is 10.1. The number of imide groups is 1. The number of piperazine rings is 1. The molecule has 10 heteroatoms. The fourth-order valence-electron chi connectivity index (χ4n) is 5.03. The molecule has 5 rings (SSSR count). The van der Waals surface area contributed by atoms with E-state index in [1.54, 1.807) is 11.2 Å². The number of piperidine rings is 1. The first-order valence-electron chi connectivity index (χ1n) is 12.8. The van der Waals surface area contributed by atoms with E-state index in [9.17, 15) is 19.2 Å². The zero-order valence-corrected chi connectivity index (χ0v) is 21.8. The number of carbonyl (C=O) groups excluding carboxylic acids is 4. The predicted molar refractivity (Wildman–Crippen MR) is 142 cm³/mol. The maximum atomic E-state index is 12.8. The molecule has 0 aliphatic carbocycles. The Hall–Kier alpha value is -3.92. The van der Waals surface area contributed by atoms with Crippen molar-refractivity contribution in [2.45, 2.75) is 45.1 Å². The number of benzene rings is 2. The summed E-state index contributed by atoms with van der Waals surface area (Å²) >= 11 is 0. The first kappa shape index (κ1) is 25.7. The van der Waals surface area contributed by atoms with Crippen molar-refractivity contribution >= 4 is 51.2 Å². The Morgan fingerprint density at radius 3 is 2.58 bits per heavy atom. The van der Waals surface area contributed by atoms with Gasteiger partial charge >= 0.3 is 6.09 Å². The van der Waals surface area contributed by atoms with Gasteiger partial charge < -0.3 is 19.4 Å². The van der Waals surface area contributed by atoms with Crippen LogP contribution < -0.4 is 10.6 Å². The van der Waals surface area contributed by atoms with Crippen LogP contribution in [0.4, 0.5) is 10.5 Å². The quantitative estimate of drug-likeness (QED) is 0.504. The summed E-state index contributed by atoms with van der Waals surface area (Å²) in [6.07, 6.45) is 2.00. The summed E-state index contributed by atoms with van der Waals surface area (Å²) in [4.78, 5) is 52.8. The number of furan rings is 1. The summed E-state index contributed by atoms with van der Waals surface area (Å²) in [6.45, 7) is 7.94. The molecule has 1 atom stereocenters. The van der Waals surface area contributed by atoms with Gasteiger partial charge in [-0.05, 0) is 56.2 Å². The molecule has 38 heavy (non-hydrogen) atoms. The Morgan fingerprint density at radius 1 is 1.11 bits per heavy atom. The van der Waals surface area contributed by atoms with E-state index >= 15 is 0 Å². The van der Waals surface area contributed by atoms with E-state index in [4.69, 9.17) is 9.15 Å². The highest BCUT2D eigenvalue weighted by molar-refractivity contribution is 6.11. The third-order valence-corrected chi connectivity index (χ3v) is 6.87. The van der Waals surface area contributed by atoms with Crippen molar-refractivity contribution in [1.82, 2.24) is 15.1 Å². The molecule has 3 aromatic rings. The van der Waals surface area contributed by atoms with Gasteiger partial charge in [0, 0.05) is 49.2 Å². The SMILES string of the molecule is CC(C)(C)OC(=O)N1CCN(CC(=O)Nc2ccc3c(ccc4occ(C5CCC(=O)NC5=O)c43)c2)CC1. The zero-order valence-electron chi connectivity index (χ0n) is 21.8. The van der Waals surface area contributed by atoms with E-state index in [0.717, 1.165) is 21.7 Å². The molecule has 200 valence electrons. The van der Waals surface area contributed by atoms with E-state index in [-0.39, 0.29) is 30.4 Å². The van der Waals surface area contributed by atoms with Crippen LogP contribution in [-0.2, 0) is 19.1 Å². The summed E-state index contributed by atoms with van der Waals surface area (Å²) in [5.74, 6) is -1.15. The second-order valence-electron chi connectivity index (χ2n) is 10.9. The van der Waals surface area contributed by atoms with Crippen molar-refractivity contribution in [3.8, 4) is 0 Å². The van der Waals surface area contributed by atoms with Crippen molar-refractivity contribution < 1.29 is 28.3 Å². The fraction of sp³-hybridized carbons (Fsp3) is 0.429. The molecular formula is C28H32N4O6. The lowest BCUT2D eigenvalue weighted by molar-refractivity contribution is -0.134. The maximum Gasteiger partial charge on any atom is 0.410 e. The number of ether oxygens (including phenoxy) is 1. The molecule has 0 bridgehead atoms. The van der Waals surface area contributed by atoms with Crippen LogP contribution in [0.2, 0.25) is 0 Å². The number of carbonyl (C=O) groups is 4. The van der Waals surface area contributed by atoms with E-state index in [1.807, 2.05) is 56.0 Å². The van der Waals surface area contributed by atoms with Gasteiger partial charge in [0.25, 0.3) is 0 Å². The van der Waals surface area contributed by atoms with Crippen LogP contribution >= 0.6 is 0 Å². The van der Waals surface area contributed by atoms with Gasteiger partial charge in [-0.25, -0.2) is 4.79 Å². The molecule has 10 nitrogen and oxygen atoms in total. The average molecular weight is 521 g/mol. The smallest absolute Gasteiger partial charge is 0.410 e. The highest BCUT2D eigenvalue weighted by Gasteiger charge is 2.31. The second-order valence-corrected chi connectivity index (χ2v) is 10.9. The van der Waals surface area contributed by atoms with Crippen LogP contribution in [0.5, 0.6) is 0 Å². The number of anilines is 1. The van der Waals surface area contributed by atoms with E-state index in [1.165, 1.54) is 0 Å². The molecule has 2 N–H and O–H groups in total. The number of hydrogen-bond donors (Lipinski definition) is 2. The van der Waals surface area contributed by atoms with E-state index < -0.39 is 11.5 Å². The van der Waals surface area contributed by atoms with Crippen LogP contribution in [0.25, 0.3) is 21.7 Å². The van der Waals surface area contributed by atoms with Crippen LogP contribution in [0, 0.1) is 0 Å². The normalized spacial score (nSPS) is 19.0. The molecular weight excluding hydrogens is 488 g/mol. The predicted octanol–water partition coefficient (Wildman–Crippen LogP) is 3.60. The van der Waals surface area contributed by atoms with Gasteiger partial charge in [0.1, 0.15) is 11.2 Å². The Kier molecular flexibility index (Phi) is 6.83. The lowest BCUT2D eigenvalue weighted by atomic mass is 9.89. The van der Waals surface area contributed by atoms with Gasteiger partial charge in [0.2, 0.25) is 17.7 Å². The van der Waals surface area contributed by atoms with Crippen molar-refractivity contribution in [3.63, 3.8) is 0 Å². The Bertz CT molecular complexity index is 1410. The van der Waals surface area contributed by atoms with Gasteiger partial charge in [-0.2, -0.15) is 0 Å². The number of rotatable bonds is 4. The number of amides is 4. The first-order valence-corrected chi connectivity index (χ1v) is 12.8. The lowest BCUT2D eigenvalue weighted by Gasteiger charge is -2.35. The molecule has 2 saturated heterocycles. The van der Waals surface area contributed by atoms with Crippen molar-refractivity contribution in [3.05, 3.63) is 42.2 Å². The molecule has 0 radical (unpaired) electrons. The van der Waals surface area contributed by atoms with Crippen LogP contribution in [0.3, 0.4) is 0 Å². The number of fused-ring (bicyclic) bond motifs is 3. The summed E-state index contributed by atoms with van der Waals surface area (Å²) in [5, 5.41) is 8.04. The van der Waals surface area contributed by atoms with E-state index in [2.05, 4.69) is 10.6 Å².